The van der Waals surface area contributed by atoms with Crippen molar-refractivity contribution in [2.45, 2.75) is 6.10 Å². The Balaban J connectivity index is 2.08. The SMILES string of the molecule is Cn1nnc(Br)c1C(O)c1cnc2ccsc2c1. The summed E-state index contributed by atoms with van der Waals surface area (Å²) in [6.45, 7) is 0. The fourth-order valence-electron chi connectivity index (χ4n) is 1.80. The Bertz CT molecular complexity index is 688. The van der Waals surface area contributed by atoms with Gasteiger partial charge in [0.15, 0.2) is 4.60 Å². The largest absolute Gasteiger partial charge is 0.382 e. The van der Waals surface area contributed by atoms with Gasteiger partial charge < -0.3 is 5.11 Å². The molecule has 0 amide bonds. The molecule has 5 nitrogen and oxygen atoms in total. The first kappa shape index (κ1) is 11.8. The van der Waals surface area contributed by atoms with Crippen molar-refractivity contribution >= 4 is 37.5 Å². The first-order chi connectivity index (χ1) is 8.66. The van der Waals surface area contributed by atoms with Gasteiger partial charge in [0, 0.05) is 18.8 Å². The van der Waals surface area contributed by atoms with Crippen molar-refractivity contribution in [2.24, 2.45) is 7.05 Å². The molecule has 0 saturated carbocycles. The summed E-state index contributed by atoms with van der Waals surface area (Å²) in [5.41, 5.74) is 2.29. The molecule has 3 aromatic heterocycles. The zero-order chi connectivity index (χ0) is 12.7. The Morgan fingerprint density at radius 2 is 2.33 bits per heavy atom. The molecule has 92 valence electrons. The third-order valence-corrected chi connectivity index (χ3v) is 4.14. The van der Waals surface area contributed by atoms with E-state index in [9.17, 15) is 5.11 Å². The van der Waals surface area contributed by atoms with E-state index in [0.717, 1.165) is 15.8 Å². The lowest BCUT2D eigenvalue weighted by Gasteiger charge is -2.10. The van der Waals surface area contributed by atoms with Crippen LogP contribution in [0.4, 0.5) is 0 Å². The second kappa shape index (κ2) is 4.42. The van der Waals surface area contributed by atoms with Crippen molar-refractivity contribution in [2.75, 3.05) is 0 Å². The number of pyridine rings is 1. The van der Waals surface area contributed by atoms with Gasteiger partial charge in [-0.3, -0.25) is 4.98 Å². The highest BCUT2D eigenvalue weighted by Crippen LogP contribution is 2.29. The summed E-state index contributed by atoms with van der Waals surface area (Å²) in [5, 5.41) is 20.1. The van der Waals surface area contributed by atoms with Crippen LogP contribution in [0.2, 0.25) is 0 Å². The molecule has 0 fully saturated rings. The molecule has 1 atom stereocenters. The Hall–Kier alpha value is -1.31. The summed E-state index contributed by atoms with van der Waals surface area (Å²) in [6, 6.07) is 3.90. The molecule has 0 aliphatic heterocycles. The normalized spacial score (nSPS) is 13.1. The highest BCUT2D eigenvalue weighted by Gasteiger charge is 2.20. The van der Waals surface area contributed by atoms with E-state index in [-0.39, 0.29) is 0 Å². The Kier molecular flexibility index (Phi) is 2.89. The van der Waals surface area contributed by atoms with Gasteiger partial charge in [-0.05, 0) is 33.4 Å². The number of aryl methyl sites for hydroxylation is 1. The summed E-state index contributed by atoms with van der Waals surface area (Å²) in [7, 11) is 1.74. The third-order valence-electron chi connectivity index (χ3n) is 2.73. The number of nitrogens with zero attached hydrogens (tertiary/aromatic N) is 4. The molecular weight excluding hydrogens is 316 g/mol. The Morgan fingerprint density at radius 3 is 3.06 bits per heavy atom. The van der Waals surface area contributed by atoms with E-state index in [4.69, 9.17) is 0 Å². The van der Waals surface area contributed by atoms with Crippen LogP contribution in [0.15, 0.2) is 28.3 Å². The Morgan fingerprint density at radius 1 is 1.50 bits per heavy atom. The van der Waals surface area contributed by atoms with Gasteiger partial charge in [-0.2, -0.15) is 0 Å². The van der Waals surface area contributed by atoms with Crippen molar-refractivity contribution in [1.82, 2.24) is 20.0 Å². The van der Waals surface area contributed by atoms with Crippen molar-refractivity contribution in [3.05, 3.63) is 39.6 Å². The van der Waals surface area contributed by atoms with Crippen molar-refractivity contribution < 1.29 is 5.11 Å². The molecule has 7 heteroatoms. The van der Waals surface area contributed by atoms with Crippen LogP contribution in [0.1, 0.15) is 17.4 Å². The third kappa shape index (κ3) is 1.84. The number of hydrogen-bond acceptors (Lipinski definition) is 5. The fourth-order valence-corrected chi connectivity index (χ4v) is 3.13. The van der Waals surface area contributed by atoms with E-state index in [1.807, 2.05) is 17.5 Å². The number of aromatic nitrogens is 4. The molecule has 1 unspecified atom stereocenters. The van der Waals surface area contributed by atoms with Gasteiger partial charge in [0.1, 0.15) is 11.8 Å². The van der Waals surface area contributed by atoms with E-state index < -0.39 is 6.10 Å². The monoisotopic (exact) mass is 324 g/mol. The molecule has 18 heavy (non-hydrogen) atoms. The lowest BCUT2D eigenvalue weighted by Crippen LogP contribution is -2.07. The summed E-state index contributed by atoms with van der Waals surface area (Å²) >= 11 is 4.89. The summed E-state index contributed by atoms with van der Waals surface area (Å²) in [6.07, 6.45) is 0.887. The summed E-state index contributed by atoms with van der Waals surface area (Å²) in [5.74, 6) is 0. The number of hydrogen-bond donors (Lipinski definition) is 1. The van der Waals surface area contributed by atoms with E-state index >= 15 is 0 Å². The highest BCUT2D eigenvalue weighted by atomic mass is 79.9. The molecule has 3 aromatic rings. The Labute approximate surface area is 115 Å². The van der Waals surface area contributed by atoms with Crippen molar-refractivity contribution in [3.8, 4) is 0 Å². The van der Waals surface area contributed by atoms with Crippen LogP contribution in [-0.4, -0.2) is 25.1 Å². The first-order valence-corrected chi connectivity index (χ1v) is 6.90. The predicted molar refractivity (Wildman–Crippen MR) is 72.4 cm³/mol. The number of fused-ring (bicyclic) bond motifs is 1. The lowest BCUT2D eigenvalue weighted by molar-refractivity contribution is 0.208. The van der Waals surface area contributed by atoms with Gasteiger partial charge in [0.05, 0.1) is 10.2 Å². The summed E-state index contributed by atoms with van der Waals surface area (Å²) in [4.78, 5) is 4.32. The van der Waals surface area contributed by atoms with E-state index in [1.54, 1.807) is 29.3 Å². The zero-order valence-corrected chi connectivity index (χ0v) is 11.8. The molecule has 3 heterocycles. The molecule has 0 aliphatic rings. The smallest absolute Gasteiger partial charge is 0.154 e. The van der Waals surface area contributed by atoms with E-state index in [1.165, 1.54) is 0 Å². The average Bonchev–Trinajstić information content (AvgIpc) is 2.94. The second-order valence-electron chi connectivity index (χ2n) is 3.86. The number of rotatable bonds is 2. The average molecular weight is 325 g/mol. The maximum absolute atomic E-state index is 10.4. The minimum Gasteiger partial charge on any atom is -0.382 e. The van der Waals surface area contributed by atoms with Crippen LogP contribution < -0.4 is 0 Å². The quantitative estimate of drug-likeness (QED) is 0.785. The van der Waals surface area contributed by atoms with Gasteiger partial charge >= 0.3 is 0 Å². The van der Waals surface area contributed by atoms with Gasteiger partial charge in [0.25, 0.3) is 0 Å². The van der Waals surface area contributed by atoms with Gasteiger partial charge in [-0.15, -0.1) is 16.4 Å². The summed E-state index contributed by atoms with van der Waals surface area (Å²) < 4.78 is 3.15. The van der Waals surface area contributed by atoms with Crippen LogP contribution in [0.3, 0.4) is 0 Å². The topological polar surface area (TPSA) is 63.8 Å². The zero-order valence-electron chi connectivity index (χ0n) is 9.41. The van der Waals surface area contributed by atoms with Crippen molar-refractivity contribution in [1.29, 1.82) is 0 Å². The van der Waals surface area contributed by atoms with E-state index in [0.29, 0.717) is 10.3 Å². The molecule has 0 spiro atoms. The molecule has 0 aliphatic carbocycles. The van der Waals surface area contributed by atoms with Crippen LogP contribution in [-0.2, 0) is 7.05 Å². The van der Waals surface area contributed by atoms with Gasteiger partial charge in [-0.1, -0.05) is 5.21 Å². The number of thiophene rings is 1. The lowest BCUT2D eigenvalue weighted by atomic mass is 10.1. The van der Waals surface area contributed by atoms with Crippen molar-refractivity contribution in [3.63, 3.8) is 0 Å². The first-order valence-electron chi connectivity index (χ1n) is 5.23. The minimum atomic E-state index is -0.793. The maximum Gasteiger partial charge on any atom is 0.154 e. The van der Waals surface area contributed by atoms with Gasteiger partial charge in [-0.25, -0.2) is 4.68 Å². The second-order valence-corrected chi connectivity index (χ2v) is 5.56. The molecule has 1 N–H and O–H groups in total. The van der Waals surface area contributed by atoms with Gasteiger partial charge in [0.2, 0.25) is 0 Å². The molecule has 0 aromatic carbocycles. The van der Waals surface area contributed by atoms with Crippen LogP contribution in [0.25, 0.3) is 10.2 Å². The van der Waals surface area contributed by atoms with Crippen LogP contribution >= 0.6 is 27.3 Å². The molecular formula is C11H9BrN4OS. The molecule has 0 saturated heterocycles. The van der Waals surface area contributed by atoms with Crippen LogP contribution in [0.5, 0.6) is 0 Å². The molecule has 3 rings (SSSR count). The molecule has 0 radical (unpaired) electrons. The molecule has 0 bridgehead atoms. The maximum atomic E-state index is 10.4. The highest BCUT2D eigenvalue weighted by molar-refractivity contribution is 9.10. The predicted octanol–water partition coefficient (Wildman–Crippen LogP) is 2.27. The number of aliphatic hydroxyl groups is 1. The fraction of sp³-hybridized carbons (Fsp3) is 0.182. The minimum absolute atomic E-state index is 0.545. The van der Waals surface area contributed by atoms with E-state index in [2.05, 4.69) is 31.2 Å². The standard InChI is InChI=1S/C11H9BrN4OS/c1-16-9(11(12)14-15-16)10(17)6-4-8-7(13-5-6)2-3-18-8/h2-5,10,17H,1H3. The van der Waals surface area contributed by atoms with Crippen LogP contribution in [0, 0.1) is 0 Å². The number of halogens is 1. The number of aliphatic hydroxyl groups excluding tert-OH is 1.